The molecule has 37 heavy (non-hydrogen) atoms. The maximum Gasteiger partial charge on any atom is 0.394 e. The second-order valence-electron chi connectivity index (χ2n) is 11.4. The van der Waals surface area contributed by atoms with Crippen LogP contribution >= 0.6 is 0 Å². The third kappa shape index (κ3) is 3.43. The van der Waals surface area contributed by atoms with Crippen LogP contribution in [-0.2, 0) is 22.2 Å². The van der Waals surface area contributed by atoms with Gasteiger partial charge < -0.3 is 10.3 Å². The van der Waals surface area contributed by atoms with Crippen LogP contribution in [-0.4, -0.2) is 26.9 Å². The molecule has 3 aromatic rings. The van der Waals surface area contributed by atoms with Gasteiger partial charge in [-0.25, -0.2) is 4.85 Å². The second kappa shape index (κ2) is 7.46. The van der Waals surface area contributed by atoms with Crippen molar-refractivity contribution in [3.05, 3.63) is 58.8 Å². The molecule has 1 unspecified atom stereocenters. The minimum absolute atomic E-state index is 0.0117. The van der Waals surface area contributed by atoms with Crippen molar-refractivity contribution in [1.29, 1.82) is 0 Å². The number of ketones is 1. The topological polar surface area (TPSA) is 91.3 Å². The number of hydrogen-bond donors (Lipinski definition) is 1. The largest absolute Gasteiger partial charge is 0.394 e. The predicted molar refractivity (Wildman–Crippen MR) is 129 cm³/mol. The number of Topliss-reactive ketones (excluding diaryl/α,β-unsaturated/α-hetero) is 1. The standard InChI is InChI=1S/C27H26F3N5O2/c1-15(19(36)10-18-11-20(34-37-18)25-12-26(13-25,14-25)27(28,29)30)16-4-6-17(7-5-16)21-22(32-3)23(31)35(33-21)24(2)8-9-24/h4-7,11,15H,8-10,12-14,31H2,1-2H3. The third-order valence-electron chi connectivity index (χ3n) is 8.74. The van der Waals surface area contributed by atoms with Gasteiger partial charge in [0.05, 0.1) is 29.6 Å². The van der Waals surface area contributed by atoms with Gasteiger partial charge in [0.1, 0.15) is 23.1 Å². The first kappa shape index (κ1) is 23.8. The summed E-state index contributed by atoms with van der Waals surface area (Å²) in [5.74, 6) is 0.221. The van der Waals surface area contributed by atoms with Crippen molar-refractivity contribution in [2.45, 2.75) is 75.4 Å². The summed E-state index contributed by atoms with van der Waals surface area (Å²) in [5.41, 5.74) is 6.89. The molecule has 2 aromatic heterocycles. The molecule has 4 saturated carbocycles. The van der Waals surface area contributed by atoms with Gasteiger partial charge in [0.2, 0.25) is 0 Å². The fraction of sp³-hybridized carbons (Fsp3) is 0.481. The summed E-state index contributed by atoms with van der Waals surface area (Å²) in [7, 11) is 0. The first-order valence-electron chi connectivity index (χ1n) is 12.3. The van der Waals surface area contributed by atoms with E-state index in [9.17, 15) is 18.0 Å². The van der Waals surface area contributed by atoms with Crippen LogP contribution in [0.3, 0.4) is 0 Å². The van der Waals surface area contributed by atoms with Crippen LogP contribution in [0.25, 0.3) is 16.1 Å². The molecule has 2 heterocycles. The average molecular weight is 510 g/mol. The van der Waals surface area contributed by atoms with Crippen molar-refractivity contribution in [3.8, 4) is 11.3 Å². The van der Waals surface area contributed by atoms with Crippen molar-refractivity contribution >= 4 is 17.3 Å². The fourth-order valence-corrected chi connectivity index (χ4v) is 5.98. The number of rotatable bonds is 7. The summed E-state index contributed by atoms with van der Waals surface area (Å²) in [6.45, 7) is 11.4. The van der Waals surface area contributed by atoms with Gasteiger partial charge in [-0.2, -0.15) is 18.3 Å². The molecule has 4 fully saturated rings. The summed E-state index contributed by atoms with van der Waals surface area (Å²) in [5, 5.41) is 8.63. The number of anilines is 1. The Balaban J connectivity index is 1.13. The number of nitrogen functional groups attached to an aromatic ring is 1. The molecule has 0 saturated heterocycles. The molecule has 1 atom stereocenters. The zero-order valence-electron chi connectivity index (χ0n) is 20.5. The van der Waals surface area contributed by atoms with Gasteiger partial charge in [0.15, 0.2) is 0 Å². The van der Waals surface area contributed by atoms with Crippen molar-refractivity contribution < 1.29 is 22.5 Å². The normalized spacial score (nSPS) is 26.1. The van der Waals surface area contributed by atoms with Crippen LogP contribution in [0, 0.1) is 12.0 Å². The molecule has 0 aliphatic heterocycles. The molecule has 0 amide bonds. The highest BCUT2D eigenvalue weighted by atomic mass is 19.4. The quantitative estimate of drug-likeness (QED) is 0.390. The Labute approximate surface area is 211 Å². The van der Waals surface area contributed by atoms with Gasteiger partial charge in [-0.1, -0.05) is 36.3 Å². The van der Waals surface area contributed by atoms with Gasteiger partial charge >= 0.3 is 6.18 Å². The molecule has 4 aliphatic rings. The molecule has 4 aliphatic carbocycles. The Morgan fingerprint density at radius 2 is 1.89 bits per heavy atom. The van der Waals surface area contributed by atoms with Gasteiger partial charge in [0, 0.05) is 17.4 Å². The summed E-state index contributed by atoms with van der Waals surface area (Å²) in [6.07, 6.45) is -2.09. The van der Waals surface area contributed by atoms with E-state index in [1.807, 2.05) is 24.3 Å². The summed E-state index contributed by atoms with van der Waals surface area (Å²) in [4.78, 5) is 16.6. The molecule has 0 radical (unpaired) electrons. The highest BCUT2D eigenvalue weighted by Crippen LogP contribution is 2.78. The van der Waals surface area contributed by atoms with Crippen LogP contribution in [0.2, 0.25) is 0 Å². The molecule has 2 bridgehead atoms. The summed E-state index contributed by atoms with van der Waals surface area (Å²) >= 11 is 0. The van der Waals surface area contributed by atoms with Gasteiger partial charge in [-0.15, -0.1) is 0 Å². The summed E-state index contributed by atoms with van der Waals surface area (Å²) in [6, 6.07) is 8.98. The second-order valence-corrected chi connectivity index (χ2v) is 11.4. The van der Waals surface area contributed by atoms with Crippen molar-refractivity contribution in [3.63, 3.8) is 0 Å². The Bertz CT molecular complexity index is 1440. The van der Waals surface area contributed by atoms with Crippen LogP contribution in [0.15, 0.2) is 34.9 Å². The number of hydrogen-bond acceptors (Lipinski definition) is 5. The van der Waals surface area contributed by atoms with Crippen LogP contribution in [0.5, 0.6) is 0 Å². The van der Waals surface area contributed by atoms with Gasteiger partial charge in [0.25, 0.3) is 5.69 Å². The summed E-state index contributed by atoms with van der Waals surface area (Å²) < 4.78 is 46.5. The van der Waals surface area contributed by atoms with E-state index in [4.69, 9.17) is 16.8 Å². The molecule has 7 nitrogen and oxygen atoms in total. The Morgan fingerprint density at radius 1 is 1.24 bits per heavy atom. The first-order valence-corrected chi connectivity index (χ1v) is 12.3. The minimum Gasteiger partial charge on any atom is -0.393 e. The lowest BCUT2D eigenvalue weighted by Crippen LogP contribution is -2.70. The van der Waals surface area contributed by atoms with E-state index in [1.54, 1.807) is 17.7 Å². The van der Waals surface area contributed by atoms with E-state index >= 15 is 0 Å². The number of nitrogens with two attached hydrogens (primary N) is 1. The minimum atomic E-state index is -4.18. The molecule has 0 spiro atoms. The van der Waals surface area contributed by atoms with Crippen LogP contribution < -0.4 is 5.73 Å². The Morgan fingerprint density at radius 3 is 2.46 bits per heavy atom. The van der Waals surface area contributed by atoms with Crippen LogP contribution in [0.1, 0.15) is 68.9 Å². The zero-order valence-corrected chi connectivity index (χ0v) is 20.5. The number of carbonyl (C=O) groups excluding carboxylic acids is 1. The van der Waals surface area contributed by atoms with E-state index in [2.05, 4.69) is 22.0 Å². The molecule has 1 aromatic carbocycles. The van der Waals surface area contributed by atoms with E-state index in [1.165, 1.54) is 0 Å². The van der Waals surface area contributed by atoms with E-state index in [0.717, 1.165) is 24.0 Å². The predicted octanol–water partition coefficient (Wildman–Crippen LogP) is 6.08. The third-order valence-corrected chi connectivity index (χ3v) is 8.74. The maximum absolute atomic E-state index is 13.2. The lowest BCUT2D eigenvalue weighted by molar-refractivity contribution is -0.338. The van der Waals surface area contributed by atoms with Crippen molar-refractivity contribution in [2.75, 3.05) is 5.73 Å². The highest BCUT2D eigenvalue weighted by Gasteiger charge is 2.79. The van der Waals surface area contributed by atoms with E-state index < -0.39 is 22.9 Å². The van der Waals surface area contributed by atoms with Gasteiger partial charge in [-0.3, -0.25) is 9.48 Å². The number of nitrogens with zero attached hydrogens (tertiary/aromatic N) is 4. The first-order chi connectivity index (χ1) is 17.4. The number of halogens is 3. The molecular formula is C27H26F3N5O2. The monoisotopic (exact) mass is 509 g/mol. The lowest BCUT2D eigenvalue weighted by atomic mass is 9.34. The Kier molecular flexibility index (Phi) is 4.79. The van der Waals surface area contributed by atoms with Crippen LogP contribution in [0.4, 0.5) is 24.7 Å². The smallest absolute Gasteiger partial charge is 0.393 e. The lowest BCUT2D eigenvalue weighted by Gasteiger charge is -2.69. The highest BCUT2D eigenvalue weighted by molar-refractivity contribution is 5.87. The number of benzene rings is 1. The SMILES string of the molecule is [C-]#[N+]c1c(-c2ccc(C(C)C(=O)Cc3cc(C45CC(C(F)(F)F)(C4)C5)no3)cc2)nn(C2(C)CC2)c1N. The van der Waals surface area contributed by atoms with Gasteiger partial charge in [-0.05, 0) is 50.2 Å². The van der Waals surface area contributed by atoms with E-state index in [-0.39, 0.29) is 37.0 Å². The molecule has 10 heteroatoms. The average Bonchev–Trinajstić information content (AvgIpc) is 3.21. The molecular weight excluding hydrogens is 483 g/mol. The fourth-order valence-electron chi connectivity index (χ4n) is 5.98. The van der Waals surface area contributed by atoms with Crippen molar-refractivity contribution in [2.24, 2.45) is 5.41 Å². The van der Waals surface area contributed by atoms with Crippen molar-refractivity contribution in [1.82, 2.24) is 14.9 Å². The zero-order chi connectivity index (χ0) is 26.4. The number of carbonyl (C=O) groups is 1. The number of alkyl halides is 3. The molecule has 7 rings (SSSR count). The molecule has 192 valence electrons. The number of aromatic nitrogens is 3. The molecule has 2 N–H and O–H groups in total. The van der Waals surface area contributed by atoms with E-state index in [0.29, 0.717) is 28.7 Å². The maximum atomic E-state index is 13.2. The Hall–Kier alpha value is -3.61.